The third-order valence-corrected chi connectivity index (χ3v) is 5.40. The molecular weight excluding hydrogens is 312 g/mol. The molecule has 4 nitrogen and oxygen atoms in total. The first-order chi connectivity index (χ1) is 11.9. The molecule has 0 radical (unpaired) electrons. The summed E-state index contributed by atoms with van der Waals surface area (Å²) in [6, 6.07) is 3.94. The molecule has 25 heavy (non-hydrogen) atoms. The number of hydrogen-bond acceptors (Lipinski definition) is 4. The zero-order valence-electron chi connectivity index (χ0n) is 15.7. The predicted octanol–water partition coefficient (Wildman–Crippen LogP) is 4.08. The summed E-state index contributed by atoms with van der Waals surface area (Å²) >= 11 is 0. The highest BCUT2D eigenvalue weighted by molar-refractivity contribution is 5.99. The molecule has 1 aromatic carbocycles. The SMILES string of the molecule is COc1cc2c(cc1N)C(=CC(=O)C1CCCCCC1)NC(C)(C)C2. The molecule has 4 heteroatoms. The number of nitrogens with one attached hydrogen (secondary N) is 1. The number of nitrogen functional groups attached to an aromatic ring is 1. The number of benzene rings is 1. The van der Waals surface area contributed by atoms with Crippen molar-refractivity contribution in [1.29, 1.82) is 0 Å². The van der Waals surface area contributed by atoms with Gasteiger partial charge in [-0.05, 0) is 50.8 Å². The van der Waals surface area contributed by atoms with Crippen LogP contribution in [0.1, 0.15) is 63.5 Å². The molecule has 0 spiro atoms. The van der Waals surface area contributed by atoms with Crippen LogP contribution in [0.3, 0.4) is 0 Å². The second-order valence-electron chi connectivity index (χ2n) is 8.09. The summed E-state index contributed by atoms with van der Waals surface area (Å²) in [5.41, 5.74) is 9.71. The number of carbonyl (C=O) groups is 1. The maximum absolute atomic E-state index is 12.9. The molecule has 1 fully saturated rings. The summed E-state index contributed by atoms with van der Waals surface area (Å²) in [5.74, 6) is 1.12. The molecule has 0 aromatic heterocycles. The molecule has 0 atom stereocenters. The summed E-state index contributed by atoms with van der Waals surface area (Å²) in [6.45, 7) is 4.31. The molecule has 3 rings (SSSR count). The minimum Gasteiger partial charge on any atom is -0.495 e. The highest BCUT2D eigenvalue weighted by atomic mass is 16.5. The van der Waals surface area contributed by atoms with Crippen LogP contribution in [0.15, 0.2) is 18.2 Å². The van der Waals surface area contributed by atoms with Crippen LogP contribution in [-0.4, -0.2) is 18.4 Å². The normalized spacial score (nSPS) is 22.0. The van der Waals surface area contributed by atoms with E-state index in [4.69, 9.17) is 10.5 Å². The van der Waals surface area contributed by atoms with E-state index in [1.165, 1.54) is 31.2 Å². The molecule has 0 saturated heterocycles. The van der Waals surface area contributed by atoms with Gasteiger partial charge in [-0.3, -0.25) is 4.79 Å². The van der Waals surface area contributed by atoms with E-state index < -0.39 is 0 Å². The van der Waals surface area contributed by atoms with Crippen LogP contribution in [-0.2, 0) is 11.2 Å². The number of hydrogen-bond donors (Lipinski definition) is 2. The lowest BCUT2D eigenvalue weighted by atomic mass is 9.84. The van der Waals surface area contributed by atoms with Gasteiger partial charge in [-0.1, -0.05) is 25.7 Å². The lowest BCUT2D eigenvalue weighted by Crippen LogP contribution is -2.44. The first-order valence-corrected chi connectivity index (χ1v) is 9.40. The Kier molecular flexibility index (Phi) is 5.07. The van der Waals surface area contributed by atoms with Crippen LogP contribution in [0.5, 0.6) is 5.75 Å². The number of allylic oxidation sites excluding steroid dienone is 1. The van der Waals surface area contributed by atoms with Crippen LogP contribution in [0, 0.1) is 5.92 Å². The standard InChI is InChI=1S/C21H30N2O2/c1-21(2)13-15-10-20(25-3)17(22)11-16(15)18(23-21)12-19(24)14-8-6-4-5-7-9-14/h10-12,14,23H,4-9,13,22H2,1-3H3. The van der Waals surface area contributed by atoms with E-state index in [9.17, 15) is 4.79 Å². The molecular formula is C21H30N2O2. The van der Waals surface area contributed by atoms with Gasteiger partial charge in [0, 0.05) is 28.8 Å². The van der Waals surface area contributed by atoms with Gasteiger partial charge >= 0.3 is 0 Å². The van der Waals surface area contributed by atoms with Crippen LogP contribution in [0.25, 0.3) is 5.70 Å². The fourth-order valence-corrected chi connectivity index (χ4v) is 4.10. The molecule has 0 amide bonds. The zero-order chi connectivity index (χ0) is 18.0. The Hall–Kier alpha value is -1.97. The first kappa shape index (κ1) is 17.8. The maximum atomic E-state index is 12.9. The number of nitrogens with two attached hydrogens (primary N) is 1. The molecule has 2 aliphatic rings. The fraction of sp³-hybridized carbons (Fsp3) is 0.571. The predicted molar refractivity (Wildman–Crippen MR) is 103 cm³/mol. The van der Waals surface area contributed by atoms with Crippen molar-refractivity contribution in [2.75, 3.05) is 12.8 Å². The molecule has 1 heterocycles. The van der Waals surface area contributed by atoms with E-state index in [0.717, 1.165) is 30.5 Å². The molecule has 1 aromatic rings. The Bertz CT molecular complexity index is 683. The minimum atomic E-state index is -0.107. The van der Waals surface area contributed by atoms with Crippen molar-refractivity contribution in [3.63, 3.8) is 0 Å². The number of fused-ring (bicyclic) bond motifs is 1. The Balaban J connectivity index is 1.95. The van der Waals surface area contributed by atoms with Crippen molar-refractivity contribution in [3.8, 4) is 5.75 Å². The van der Waals surface area contributed by atoms with Crippen LogP contribution < -0.4 is 15.8 Å². The lowest BCUT2D eigenvalue weighted by Gasteiger charge is -2.36. The quantitative estimate of drug-likeness (QED) is 0.493. The number of ketones is 1. The Morgan fingerprint density at radius 3 is 2.56 bits per heavy atom. The summed E-state index contributed by atoms with van der Waals surface area (Å²) in [7, 11) is 1.64. The van der Waals surface area contributed by atoms with Gasteiger partial charge < -0.3 is 15.8 Å². The van der Waals surface area contributed by atoms with Crippen molar-refractivity contribution in [2.45, 2.75) is 64.3 Å². The van der Waals surface area contributed by atoms with Crippen molar-refractivity contribution < 1.29 is 9.53 Å². The average molecular weight is 342 g/mol. The summed E-state index contributed by atoms with van der Waals surface area (Å²) < 4.78 is 5.37. The summed E-state index contributed by atoms with van der Waals surface area (Å²) in [6.07, 6.45) is 9.57. The van der Waals surface area contributed by atoms with E-state index in [0.29, 0.717) is 11.4 Å². The monoisotopic (exact) mass is 342 g/mol. The van der Waals surface area contributed by atoms with E-state index in [-0.39, 0.29) is 17.2 Å². The zero-order valence-corrected chi connectivity index (χ0v) is 15.7. The number of methoxy groups -OCH3 is 1. The summed E-state index contributed by atoms with van der Waals surface area (Å²) in [5, 5.41) is 3.54. The van der Waals surface area contributed by atoms with Crippen molar-refractivity contribution in [3.05, 3.63) is 29.3 Å². The number of anilines is 1. The molecule has 0 unspecified atom stereocenters. The number of ether oxygens (including phenoxy) is 1. The number of rotatable bonds is 3. The molecule has 0 bridgehead atoms. The topological polar surface area (TPSA) is 64.3 Å². The fourth-order valence-electron chi connectivity index (χ4n) is 4.10. The van der Waals surface area contributed by atoms with Gasteiger partial charge in [-0.25, -0.2) is 0 Å². The first-order valence-electron chi connectivity index (χ1n) is 9.40. The van der Waals surface area contributed by atoms with E-state index >= 15 is 0 Å². The van der Waals surface area contributed by atoms with Gasteiger partial charge in [0.15, 0.2) is 5.78 Å². The highest BCUT2D eigenvalue weighted by Crippen LogP contribution is 2.36. The van der Waals surface area contributed by atoms with Crippen molar-refractivity contribution >= 4 is 17.2 Å². The van der Waals surface area contributed by atoms with Gasteiger partial charge in [-0.2, -0.15) is 0 Å². The van der Waals surface area contributed by atoms with Gasteiger partial charge in [0.25, 0.3) is 0 Å². The van der Waals surface area contributed by atoms with Crippen LogP contribution >= 0.6 is 0 Å². The van der Waals surface area contributed by atoms with Gasteiger partial charge in [0.1, 0.15) is 5.75 Å². The molecule has 1 aliphatic carbocycles. The summed E-state index contributed by atoms with van der Waals surface area (Å²) in [4.78, 5) is 12.9. The van der Waals surface area contributed by atoms with Crippen LogP contribution in [0.2, 0.25) is 0 Å². The van der Waals surface area contributed by atoms with E-state index in [2.05, 4.69) is 19.2 Å². The second kappa shape index (κ2) is 7.11. The Morgan fingerprint density at radius 2 is 1.92 bits per heavy atom. The molecule has 3 N–H and O–H groups in total. The second-order valence-corrected chi connectivity index (χ2v) is 8.09. The average Bonchev–Trinajstić information content (AvgIpc) is 2.83. The molecule has 136 valence electrons. The van der Waals surface area contributed by atoms with E-state index in [1.54, 1.807) is 7.11 Å². The largest absolute Gasteiger partial charge is 0.495 e. The third kappa shape index (κ3) is 4.00. The van der Waals surface area contributed by atoms with Gasteiger partial charge in [0.05, 0.1) is 12.8 Å². The third-order valence-electron chi connectivity index (χ3n) is 5.40. The Morgan fingerprint density at radius 1 is 1.24 bits per heavy atom. The molecule has 1 saturated carbocycles. The van der Waals surface area contributed by atoms with E-state index in [1.807, 2.05) is 18.2 Å². The van der Waals surface area contributed by atoms with Gasteiger partial charge in [0.2, 0.25) is 0 Å². The lowest BCUT2D eigenvalue weighted by molar-refractivity contribution is -0.118. The minimum absolute atomic E-state index is 0.107. The van der Waals surface area contributed by atoms with Crippen molar-refractivity contribution in [2.24, 2.45) is 5.92 Å². The Labute approximate surface area is 150 Å². The number of carbonyl (C=O) groups excluding carboxylic acids is 1. The molecule has 1 aliphatic heterocycles. The highest BCUT2D eigenvalue weighted by Gasteiger charge is 2.30. The van der Waals surface area contributed by atoms with Crippen molar-refractivity contribution in [1.82, 2.24) is 5.32 Å². The van der Waals surface area contributed by atoms with Gasteiger partial charge in [-0.15, -0.1) is 0 Å². The smallest absolute Gasteiger partial charge is 0.160 e. The van der Waals surface area contributed by atoms with Crippen LogP contribution in [0.4, 0.5) is 5.69 Å². The maximum Gasteiger partial charge on any atom is 0.160 e.